The lowest BCUT2D eigenvalue weighted by Crippen LogP contribution is -2.03. The molecule has 2 aromatic rings. The number of fused-ring (bicyclic) bond motifs is 1. The highest BCUT2D eigenvalue weighted by Crippen LogP contribution is 2.34. The van der Waals surface area contributed by atoms with Gasteiger partial charge in [0.15, 0.2) is 5.16 Å². The molecule has 0 aromatic carbocycles. The molecule has 2 aromatic heterocycles. The first kappa shape index (κ1) is 15.5. The van der Waals surface area contributed by atoms with Gasteiger partial charge in [0.2, 0.25) is 11.8 Å². The summed E-state index contributed by atoms with van der Waals surface area (Å²) in [5.41, 5.74) is 0. The summed E-state index contributed by atoms with van der Waals surface area (Å²) in [5, 5.41) is 18.1. The monoisotopic (exact) mass is 321 g/mol. The quantitative estimate of drug-likeness (QED) is 0.786. The van der Waals surface area contributed by atoms with E-state index in [1.807, 2.05) is 0 Å². The van der Waals surface area contributed by atoms with Crippen molar-refractivity contribution < 1.29 is 4.42 Å². The van der Waals surface area contributed by atoms with E-state index in [2.05, 4.69) is 45.7 Å². The van der Waals surface area contributed by atoms with Gasteiger partial charge in [0.05, 0.1) is 5.25 Å². The second-order valence-corrected chi connectivity index (χ2v) is 7.56. The molecule has 1 aliphatic rings. The highest BCUT2D eigenvalue weighted by Gasteiger charge is 2.21. The molecule has 0 fully saturated rings. The van der Waals surface area contributed by atoms with Crippen molar-refractivity contribution in [3.05, 3.63) is 17.6 Å². The Balaban J connectivity index is 1.70. The summed E-state index contributed by atoms with van der Waals surface area (Å²) in [6, 6.07) is 0. The SMILES string of the molecule is CC(C)Cc1nnc(C(C)Sc2nnc3n2CCCCC3)o1. The normalized spacial score (nSPS) is 16.5. The van der Waals surface area contributed by atoms with E-state index in [4.69, 9.17) is 4.42 Å². The second-order valence-electron chi connectivity index (χ2n) is 6.25. The predicted molar refractivity (Wildman–Crippen MR) is 84.7 cm³/mol. The molecule has 6 nitrogen and oxygen atoms in total. The summed E-state index contributed by atoms with van der Waals surface area (Å²) in [6.45, 7) is 7.39. The van der Waals surface area contributed by atoms with Crippen LogP contribution in [0.1, 0.15) is 62.9 Å². The van der Waals surface area contributed by atoms with Gasteiger partial charge < -0.3 is 8.98 Å². The Morgan fingerprint density at radius 2 is 1.95 bits per heavy atom. The van der Waals surface area contributed by atoms with Gasteiger partial charge in [-0.3, -0.25) is 0 Å². The highest BCUT2D eigenvalue weighted by atomic mass is 32.2. The zero-order valence-electron chi connectivity index (χ0n) is 13.4. The van der Waals surface area contributed by atoms with Crippen molar-refractivity contribution in [3.8, 4) is 0 Å². The van der Waals surface area contributed by atoms with Crippen molar-refractivity contribution in [2.24, 2.45) is 5.92 Å². The molecule has 7 heteroatoms. The number of aromatic nitrogens is 5. The van der Waals surface area contributed by atoms with Crippen molar-refractivity contribution >= 4 is 11.8 Å². The molecule has 1 unspecified atom stereocenters. The lowest BCUT2D eigenvalue weighted by molar-refractivity contribution is 0.426. The predicted octanol–water partition coefficient (Wildman–Crippen LogP) is 3.44. The van der Waals surface area contributed by atoms with E-state index in [9.17, 15) is 0 Å². The fourth-order valence-corrected chi connectivity index (χ4v) is 3.54. The van der Waals surface area contributed by atoms with Crippen LogP contribution in [0.2, 0.25) is 0 Å². The zero-order valence-corrected chi connectivity index (χ0v) is 14.3. The van der Waals surface area contributed by atoms with Gasteiger partial charge in [0.1, 0.15) is 5.82 Å². The van der Waals surface area contributed by atoms with E-state index >= 15 is 0 Å². The minimum absolute atomic E-state index is 0.0879. The molecule has 1 atom stereocenters. The maximum Gasteiger partial charge on any atom is 0.229 e. The Kier molecular flexibility index (Phi) is 4.81. The molecular formula is C15H23N5OS. The Morgan fingerprint density at radius 1 is 1.09 bits per heavy atom. The standard InChI is InChI=1S/C15H23N5OS/c1-10(2)9-13-17-18-14(21-13)11(3)22-15-19-16-12-7-5-4-6-8-20(12)15/h10-11H,4-9H2,1-3H3. The fourth-order valence-electron chi connectivity index (χ4n) is 2.62. The van der Waals surface area contributed by atoms with E-state index < -0.39 is 0 Å². The summed E-state index contributed by atoms with van der Waals surface area (Å²) < 4.78 is 8.02. The molecule has 1 aliphatic heterocycles. The van der Waals surface area contributed by atoms with Crippen LogP contribution >= 0.6 is 11.8 Å². The van der Waals surface area contributed by atoms with Gasteiger partial charge in [-0.1, -0.05) is 32.0 Å². The van der Waals surface area contributed by atoms with Crippen molar-refractivity contribution in [1.82, 2.24) is 25.0 Å². The van der Waals surface area contributed by atoms with E-state index in [1.54, 1.807) is 11.8 Å². The Hall–Kier alpha value is -1.37. The molecule has 0 amide bonds. The molecule has 3 rings (SSSR count). The molecule has 0 saturated heterocycles. The Morgan fingerprint density at radius 3 is 2.77 bits per heavy atom. The summed E-state index contributed by atoms with van der Waals surface area (Å²) in [4.78, 5) is 0. The van der Waals surface area contributed by atoms with Crippen LogP contribution in [0.5, 0.6) is 0 Å². The van der Waals surface area contributed by atoms with E-state index in [0.717, 1.165) is 36.3 Å². The molecular weight excluding hydrogens is 298 g/mol. The fraction of sp³-hybridized carbons (Fsp3) is 0.733. The van der Waals surface area contributed by atoms with Gasteiger partial charge in [-0.25, -0.2) is 0 Å². The van der Waals surface area contributed by atoms with Gasteiger partial charge in [-0.05, 0) is 25.7 Å². The summed E-state index contributed by atoms with van der Waals surface area (Å²) in [7, 11) is 0. The highest BCUT2D eigenvalue weighted by molar-refractivity contribution is 7.99. The number of rotatable bonds is 5. The Bertz CT molecular complexity index is 621. The van der Waals surface area contributed by atoms with E-state index in [-0.39, 0.29) is 5.25 Å². The zero-order chi connectivity index (χ0) is 15.5. The van der Waals surface area contributed by atoms with Gasteiger partial charge >= 0.3 is 0 Å². The van der Waals surface area contributed by atoms with Crippen LogP contribution in [0.15, 0.2) is 9.57 Å². The van der Waals surface area contributed by atoms with Crippen LogP contribution in [0.4, 0.5) is 0 Å². The van der Waals surface area contributed by atoms with Crippen molar-refractivity contribution in [3.63, 3.8) is 0 Å². The maximum atomic E-state index is 5.77. The topological polar surface area (TPSA) is 69.6 Å². The molecule has 0 spiro atoms. The van der Waals surface area contributed by atoms with Gasteiger partial charge in [0, 0.05) is 19.4 Å². The van der Waals surface area contributed by atoms with Crippen LogP contribution in [0.3, 0.4) is 0 Å². The average Bonchev–Trinajstić information content (AvgIpc) is 3.00. The summed E-state index contributed by atoms with van der Waals surface area (Å²) in [6.07, 6.45) is 5.53. The van der Waals surface area contributed by atoms with Crippen LogP contribution < -0.4 is 0 Å². The van der Waals surface area contributed by atoms with Crippen molar-refractivity contribution in [1.29, 1.82) is 0 Å². The Labute approximate surface area is 135 Å². The first-order chi connectivity index (χ1) is 10.6. The van der Waals surface area contributed by atoms with Crippen molar-refractivity contribution in [2.75, 3.05) is 0 Å². The third-order valence-electron chi connectivity index (χ3n) is 3.77. The van der Waals surface area contributed by atoms with E-state index in [0.29, 0.717) is 11.8 Å². The van der Waals surface area contributed by atoms with Gasteiger partial charge in [0.25, 0.3) is 0 Å². The maximum absolute atomic E-state index is 5.77. The number of nitrogens with zero attached hydrogens (tertiary/aromatic N) is 5. The molecule has 22 heavy (non-hydrogen) atoms. The largest absolute Gasteiger partial charge is 0.424 e. The molecule has 0 radical (unpaired) electrons. The number of hydrogen-bond donors (Lipinski definition) is 0. The second kappa shape index (κ2) is 6.81. The van der Waals surface area contributed by atoms with Crippen LogP contribution in [0, 0.1) is 5.92 Å². The lowest BCUT2D eigenvalue weighted by atomic mass is 10.1. The van der Waals surface area contributed by atoms with Crippen molar-refractivity contribution in [2.45, 2.75) is 69.8 Å². The van der Waals surface area contributed by atoms with E-state index in [1.165, 1.54) is 19.3 Å². The van der Waals surface area contributed by atoms with Crippen LogP contribution in [-0.4, -0.2) is 25.0 Å². The summed E-state index contributed by atoms with van der Waals surface area (Å²) in [5.74, 6) is 3.02. The first-order valence-corrected chi connectivity index (χ1v) is 8.92. The molecule has 120 valence electrons. The number of aryl methyl sites for hydroxylation is 1. The average molecular weight is 321 g/mol. The minimum Gasteiger partial charge on any atom is -0.424 e. The minimum atomic E-state index is 0.0879. The first-order valence-electron chi connectivity index (χ1n) is 8.04. The third-order valence-corrected chi connectivity index (χ3v) is 4.84. The molecule has 0 saturated carbocycles. The molecule has 0 aliphatic carbocycles. The van der Waals surface area contributed by atoms with Gasteiger partial charge in [-0.15, -0.1) is 20.4 Å². The van der Waals surface area contributed by atoms with Gasteiger partial charge in [-0.2, -0.15) is 0 Å². The molecule has 0 N–H and O–H groups in total. The number of thioether (sulfide) groups is 1. The third kappa shape index (κ3) is 3.51. The number of hydrogen-bond acceptors (Lipinski definition) is 6. The van der Waals surface area contributed by atoms with Crippen LogP contribution in [0.25, 0.3) is 0 Å². The molecule has 3 heterocycles. The lowest BCUT2D eigenvalue weighted by Gasteiger charge is -2.09. The summed E-state index contributed by atoms with van der Waals surface area (Å²) >= 11 is 1.65. The van der Waals surface area contributed by atoms with Crippen LogP contribution in [-0.2, 0) is 19.4 Å². The molecule has 0 bridgehead atoms. The smallest absolute Gasteiger partial charge is 0.229 e.